The van der Waals surface area contributed by atoms with Crippen molar-refractivity contribution in [2.75, 3.05) is 32.1 Å². The van der Waals surface area contributed by atoms with E-state index in [-0.39, 0.29) is 12.5 Å². The summed E-state index contributed by atoms with van der Waals surface area (Å²) in [5.74, 6) is 0.0424. The molecule has 0 fully saturated rings. The molecule has 1 amide bonds. The molecule has 6 heteroatoms. The maximum Gasteiger partial charge on any atom is 0.338 e. The highest BCUT2D eigenvalue weighted by Gasteiger charge is 2.13. The molecule has 18 heavy (non-hydrogen) atoms. The smallest absolute Gasteiger partial charge is 0.338 e. The van der Waals surface area contributed by atoms with Gasteiger partial charge >= 0.3 is 5.97 Å². The fraction of sp³-hybridized carbons (Fsp3) is 0.417. The third kappa shape index (κ3) is 3.44. The van der Waals surface area contributed by atoms with Crippen molar-refractivity contribution in [2.24, 2.45) is 0 Å². The molecule has 1 aromatic rings. The minimum atomic E-state index is -0.422. The van der Waals surface area contributed by atoms with Gasteiger partial charge in [0.05, 0.1) is 19.2 Å². The lowest BCUT2D eigenvalue weighted by molar-refractivity contribution is -0.119. The fourth-order valence-corrected chi connectivity index (χ4v) is 1.44. The van der Waals surface area contributed by atoms with Crippen LogP contribution < -0.4 is 10.2 Å². The predicted molar refractivity (Wildman–Crippen MR) is 67.5 cm³/mol. The van der Waals surface area contributed by atoms with Gasteiger partial charge in [-0.1, -0.05) is 0 Å². The first-order chi connectivity index (χ1) is 8.62. The normalized spacial score (nSPS) is 9.72. The van der Waals surface area contributed by atoms with E-state index in [1.165, 1.54) is 13.3 Å². The zero-order valence-electron chi connectivity index (χ0n) is 10.8. The van der Waals surface area contributed by atoms with E-state index in [9.17, 15) is 9.59 Å². The van der Waals surface area contributed by atoms with E-state index in [4.69, 9.17) is 0 Å². The van der Waals surface area contributed by atoms with Crippen LogP contribution in [0.2, 0.25) is 0 Å². The van der Waals surface area contributed by atoms with Gasteiger partial charge in [-0.15, -0.1) is 0 Å². The molecule has 0 atom stereocenters. The quantitative estimate of drug-likeness (QED) is 0.769. The Labute approximate surface area is 106 Å². The maximum absolute atomic E-state index is 11.4. The van der Waals surface area contributed by atoms with E-state index in [2.05, 4.69) is 15.0 Å². The number of aromatic nitrogens is 1. The number of anilines is 1. The van der Waals surface area contributed by atoms with Crippen LogP contribution in [0.4, 0.5) is 5.82 Å². The van der Waals surface area contributed by atoms with Crippen molar-refractivity contribution in [2.45, 2.75) is 6.92 Å². The average molecular weight is 251 g/mol. The van der Waals surface area contributed by atoms with Crippen LogP contribution in [0.1, 0.15) is 17.3 Å². The molecule has 1 N–H and O–H groups in total. The second-order valence-corrected chi connectivity index (χ2v) is 3.58. The van der Waals surface area contributed by atoms with Gasteiger partial charge < -0.3 is 15.0 Å². The van der Waals surface area contributed by atoms with Crippen molar-refractivity contribution >= 4 is 17.7 Å². The summed E-state index contributed by atoms with van der Waals surface area (Å²) in [5.41, 5.74) is 0.415. The van der Waals surface area contributed by atoms with Gasteiger partial charge in [-0.3, -0.25) is 4.79 Å². The minimum absolute atomic E-state index is 0.109. The third-order valence-corrected chi connectivity index (χ3v) is 2.49. The summed E-state index contributed by atoms with van der Waals surface area (Å²) >= 11 is 0. The van der Waals surface area contributed by atoms with Gasteiger partial charge in [0.25, 0.3) is 0 Å². The van der Waals surface area contributed by atoms with E-state index >= 15 is 0 Å². The highest BCUT2D eigenvalue weighted by Crippen LogP contribution is 2.13. The molecule has 0 bridgehead atoms. The number of nitrogens with zero attached hydrogens (tertiary/aromatic N) is 2. The molecule has 0 saturated carbocycles. The lowest BCUT2D eigenvalue weighted by Crippen LogP contribution is -2.36. The number of carbonyl (C=O) groups is 2. The summed E-state index contributed by atoms with van der Waals surface area (Å²) in [7, 11) is 2.90. The van der Waals surface area contributed by atoms with Gasteiger partial charge in [0.1, 0.15) is 5.82 Å². The lowest BCUT2D eigenvalue weighted by Gasteiger charge is -2.21. The lowest BCUT2D eigenvalue weighted by atomic mass is 10.2. The van der Waals surface area contributed by atoms with Crippen molar-refractivity contribution in [1.82, 2.24) is 10.3 Å². The predicted octanol–water partition coefficient (Wildman–Crippen LogP) is 0.440. The molecular weight excluding hydrogens is 234 g/mol. The second kappa shape index (κ2) is 6.58. The highest BCUT2D eigenvalue weighted by atomic mass is 16.5. The van der Waals surface area contributed by atoms with E-state index in [0.717, 1.165) is 0 Å². The molecule has 0 aliphatic heterocycles. The minimum Gasteiger partial charge on any atom is -0.465 e. The summed E-state index contributed by atoms with van der Waals surface area (Å²) < 4.78 is 4.64. The first kappa shape index (κ1) is 14.0. The van der Waals surface area contributed by atoms with Gasteiger partial charge in [0, 0.05) is 19.8 Å². The third-order valence-electron chi connectivity index (χ3n) is 2.49. The number of pyridine rings is 1. The molecule has 0 aliphatic rings. The number of nitrogens with one attached hydrogen (secondary N) is 1. The number of methoxy groups -OCH3 is 1. The standard InChI is InChI=1S/C12H17N3O3/c1-4-15(8-11(16)13-2)10-7-9(5-6-14-10)12(17)18-3/h5-7H,4,8H2,1-3H3,(H,13,16). The Balaban J connectivity index is 2.92. The number of esters is 1. The average Bonchev–Trinajstić information content (AvgIpc) is 2.43. The molecular formula is C12H17N3O3. The van der Waals surface area contributed by atoms with Crippen molar-refractivity contribution in [1.29, 1.82) is 0 Å². The molecule has 0 saturated heterocycles. The molecule has 0 aliphatic carbocycles. The Morgan fingerprint density at radius 3 is 2.78 bits per heavy atom. The van der Waals surface area contributed by atoms with E-state index in [1.807, 2.05) is 6.92 Å². The molecule has 0 unspecified atom stereocenters. The van der Waals surface area contributed by atoms with Crippen LogP contribution in [0.5, 0.6) is 0 Å². The van der Waals surface area contributed by atoms with Gasteiger partial charge in [-0.05, 0) is 19.1 Å². The van der Waals surface area contributed by atoms with E-state index < -0.39 is 5.97 Å². The summed E-state index contributed by atoms with van der Waals surface area (Å²) in [6.07, 6.45) is 1.52. The Kier molecular flexibility index (Phi) is 5.10. The summed E-state index contributed by atoms with van der Waals surface area (Å²) in [5, 5.41) is 2.55. The van der Waals surface area contributed by atoms with Crippen LogP contribution >= 0.6 is 0 Å². The summed E-state index contributed by atoms with van der Waals surface area (Å²) in [6.45, 7) is 2.73. The van der Waals surface area contributed by atoms with Crippen LogP contribution in [-0.2, 0) is 9.53 Å². The first-order valence-electron chi connectivity index (χ1n) is 5.62. The maximum atomic E-state index is 11.4. The second-order valence-electron chi connectivity index (χ2n) is 3.58. The van der Waals surface area contributed by atoms with Crippen LogP contribution in [0.15, 0.2) is 18.3 Å². The Morgan fingerprint density at radius 1 is 1.50 bits per heavy atom. The van der Waals surface area contributed by atoms with Crippen molar-refractivity contribution in [3.05, 3.63) is 23.9 Å². The SMILES string of the molecule is CCN(CC(=O)NC)c1cc(C(=O)OC)ccn1. The molecule has 1 rings (SSSR count). The Hall–Kier alpha value is -2.11. The molecule has 6 nitrogen and oxygen atoms in total. The first-order valence-corrected chi connectivity index (χ1v) is 5.62. The monoisotopic (exact) mass is 251 g/mol. The van der Waals surface area contributed by atoms with Crippen molar-refractivity contribution in [3.8, 4) is 0 Å². The van der Waals surface area contributed by atoms with Crippen LogP contribution in [-0.4, -0.2) is 44.1 Å². The van der Waals surface area contributed by atoms with Crippen LogP contribution in [0, 0.1) is 0 Å². The number of hydrogen-bond acceptors (Lipinski definition) is 5. The number of carbonyl (C=O) groups excluding carboxylic acids is 2. The van der Waals surface area contributed by atoms with Gasteiger partial charge in [-0.25, -0.2) is 9.78 Å². The summed E-state index contributed by atoms with van der Waals surface area (Å²) in [6, 6.07) is 3.18. The molecule has 1 heterocycles. The molecule has 0 spiro atoms. The van der Waals surface area contributed by atoms with Gasteiger partial charge in [-0.2, -0.15) is 0 Å². The number of amides is 1. The number of likely N-dealkylation sites (N-methyl/N-ethyl adjacent to an activating group) is 2. The van der Waals surface area contributed by atoms with Crippen LogP contribution in [0.3, 0.4) is 0 Å². The summed E-state index contributed by atoms with van der Waals surface area (Å²) in [4.78, 5) is 28.7. The zero-order valence-corrected chi connectivity index (χ0v) is 10.8. The largest absolute Gasteiger partial charge is 0.465 e. The van der Waals surface area contributed by atoms with E-state index in [0.29, 0.717) is 17.9 Å². The van der Waals surface area contributed by atoms with Crippen molar-refractivity contribution < 1.29 is 14.3 Å². The van der Waals surface area contributed by atoms with Gasteiger partial charge in [0.15, 0.2) is 0 Å². The Morgan fingerprint density at radius 2 is 2.22 bits per heavy atom. The van der Waals surface area contributed by atoms with E-state index in [1.54, 1.807) is 24.1 Å². The number of hydrogen-bond donors (Lipinski definition) is 1. The fourth-order valence-electron chi connectivity index (χ4n) is 1.44. The molecule has 1 aromatic heterocycles. The van der Waals surface area contributed by atoms with Gasteiger partial charge in [0.2, 0.25) is 5.91 Å². The van der Waals surface area contributed by atoms with Crippen LogP contribution in [0.25, 0.3) is 0 Å². The zero-order chi connectivity index (χ0) is 13.5. The number of ether oxygens (including phenoxy) is 1. The molecule has 0 aromatic carbocycles. The molecule has 98 valence electrons. The van der Waals surface area contributed by atoms with Crippen molar-refractivity contribution in [3.63, 3.8) is 0 Å². The number of rotatable bonds is 5. The highest BCUT2D eigenvalue weighted by molar-refractivity contribution is 5.90. The Bertz CT molecular complexity index is 434. The molecule has 0 radical (unpaired) electrons. The topological polar surface area (TPSA) is 71.5 Å².